The fraction of sp³-hybridized carbons (Fsp3) is 0.704. The molecule has 1 aliphatic carbocycles. The number of hydrogen-bond acceptors (Lipinski definition) is 13. The maximum atomic E-state index is 14.7. The van der Waals surface area contributed by atoms with Crippen LogP contribution in [0.4, 0.5) is 0 Å². The molecule has 406 valence electrons. The van der Waals surface area contributed by atoms with E-state index in [1.54, 1.807) is 30.9 Å². The first-order valence-electron chi connectivity index (χ1n) is 26.4. The molecule has 0 radical (unpaired) electrons. The van der Waals surface area contributed by atoms with Crippen LogP contribution in [0.1, 0.15) is 131 Å². The van der Waals surface area contributed by atoms with Gasteiger partial charge in [0.05, 0.1) is 49.3 Å². The molecule has 1 saturated carbocycles. The highest BCUT2D eigenvalue weighted by Gasteiger charge is 2.64. The first-order chi connectivity index (χ1) is 34.7. The fourth-order valence-electron chi connectivity index (χ4n) is 11.0. The summed E-state index contributed by atoms with van der Waals surface area (Å²) in [5, 5.41) is 8.08. The molecule has 0 unspecified atom stereocenters. The average Bonchev–Trinajstić information content (AvgIpc) is 3.73. The second kappa shape index (κ2) is 26.8. The minimum Gasteiger partial charge on any atom is -0.379 e. The van der Waals surface area contributed by atoms with E-state index < -0.39 is 65.6 Å². The van der Waals surface area contributed by atoms with Crippen LogP contribution in [0.3, 0.4) is 0 Å². The van der Waals surface area contributed by atoms with Crippen molar-refractivity contribution < 1.29 is 57.5 Å². The van der Waals surface area contributed by atoms with Crippen molar-refractivity contribution in [2.45, 2.75) is 167 Å². The lowest BCUT2D eigenvalue weighted by molar-refractivity contribution is -0.200. The number of amides is 7. The molecule has 10 atom stereocenters. The van der Waals surface area contributed by atoms with Gasteiger partial charge in [-0.1, -0.05) is 96.7 Å². The van der Waals surface area contributed by atoms with Gasteiger partial charge < -0.3 is 34.7 Å². The number of methoxy groups -OCH3 is 2. The Bertz CT molecular complexity index is 2100. The Morgan fingerprint density at radius 3 is 2.12 bits per heavy atom. The first kappa shape index (κ1) is 58.6. The summed E-state index contributed by atoms with van der Waals surface area (Å²) in [7, 11) is 6.63. The molecule has 19 nitrogen and oxygen atoms in total. The number of carbonyl (C=O) groups excluding carboxylic acids is 8. The Morgan fingerprint density at radius 2 is 1.53 bits per heavy atom. The second-order valence-electron chi connectivity index (χ2n) is 21.1. The maximum absolute atomic E-state index is 14.7. The number of likely N-dealkylation sites (tertiary alicyclic amines) is 1. The molecule has 0 spiro atoms. The van der Waals surface area contributed by atoms with Crippen LogP contribution in [-0.2, 0) is 57.5 Å². The highest BCUT2D eigenvalue weighted by Crippen LogP contribution is 2.53. The maximum Gasteiger partial charge on any atom is 0.333 e. The molecule has 0 bridgehead atoms. The predicted molar refractivity (Wildman–Crippen MR) is 271 cm³/mol. The van der Waals surface area contributed by atoms with Crippen LogP contribution in [0.2, 0.25) is 0 Å². The molecule has 7 amide bonds. The van der Waals surface area contributed by atoms with Gasteiger partial charge in [-0.25, -0.2) is 9.86 Å². The summed E-state index contributed by atoms with van der Waals surface area (Å²) >= 11 is 0. The molecule has 2 N–H and O–H groups in total. The summed E-state index contributed by atoms with van der Waals surface area (Å²) in [6.07, 6.45) is 6.47. The van der Waals surface area contributed by atoms with Crippen LogP contribution < -0.4 is 10.6 Å². The number of hydrogen-bond donors (Lipinski definition) is 2. The minimum absolute atomic E-state index is 0.0146. The smallest absolute Gasteiger partial charge is 0.333 e. The van der Waals surface area contributed by atoms with Crippen molar-refractivity contribution >= 4 is 47.3 Å². The number of imide groups is 1. The molecular weight excluding hydrogens is 939 g/mol. The molecule has 4 aliphatic rings. The predicted octanol–water partition coefficient (Wildman–Crippen LogP) is 4.54. The highest BCUT2D eigenvalue weighted by atomic mass is 16.7. The average molecular weight is 1020 g/mol. The largest absolute Gasteiger partial charge is 0.379 e. The number of carbonyl (C=O) groups is 8. The summed E-state index contributed by atoms with van der Waals surface area (Å²) in [6.45, 7) is 15.3. The van der Waals surface area contributed by atoms with Crippen LogP contribution in [0, 0.1) is 23.7 Å². The Labute approximate surface area is 432 Å². The number of rotatable bonds is 27. The number of unbranched alkanes of at least 4 members (excludes halogenated alkanes) is 2. The summed E-state index contributed by atoms with van der Waals surface area (Å²) in [5.74, 6) is -4.95. The molecule has 3 heterocycles. The van der Waals surface area contributed by atoms with E-state index in [1.165, 1.54) is 12.2 Å². The van der Waals surface area contributed by atoms with E-state index in [1.807, 2.05) is 83.8 Å². The molecule has 1 aromatic carbocycles. The van der Waals surface area contributed by atoms with Gasteiger partial charge in [0.15, 0.2) is 0 Å². The van der Waals surface area contributed by atoms with Gasteiger partial charge >= 0.3 is 5.97 Å². The number of nitrogens with zero attached hydrogens (tertiary/aromatic N) is 5. The van der Waals surface area contributed by atoms with E-state index >= 15 is 0 Å². The van der Waals surface area contributed by atoms with E-state index in [4.69, 9.17) is 19.1 Å². The van der Waals surface area contributed by atoms with E-state index in [0.717, 1.165) is 30.6 Å². The van der Waals surface area contributed by atoms with Crippen molar-refractivity contribution in [2.24, 2.45) is 23.7 Å². The third-order valence-corrected chi connectivity index (χ3v) is 15.3. The van der Waals surface area contributed by atoms with Crippen molar-refractivity contribution in [3.05, 3.63) is 48.0 Å². The monoisotopic (exact) mass is 1020 g/mol. The normalized spacial score (nSPS) is 22.7. The molecule has 73 heavy (non-hydrogen) atoms. The van der Waals surface area contributed by atoms with Crippen molar-refractivity contribution in [3.8, 4) is 0 Å². The molecular formula is C54H83N7O12. The summed E-state index contributed by atoms with van der Waals surface area (Å²) in [5.41, 5.74) is -0.207. The van der Waals surface area contributed by atoms with E-state index in [9.17, 15) is 38.4 Å². The van der Waals surface area contributed by atoms with E-state index in [2.05, 4.69) is 10.6 Å². The second-order valence-corrected chi connectivity index (χ2v) is 21.1. The zero-order valence-corrected chi connectivity index (χ0v) is 45.1. The SMILES string of the molecule is CC[C@H](C)[C@@H]([C@@H](CC(=O)N1CCC[C@H]1[C@H](OC)[C@@H](C)C(=O)N[C@@]1(C(=O)N2CCCCO2)C[C@@H]1c1ccccc1)OC)N(C)C(=O)[C@@H](NC(=O)[C@H](C(C)C)N(C)CCCCCC(=O)ON1C(=O)C=CC1=O)C(C)C. The summed E-state index contributed by atoms with van der Waals surface area (Å²) in [4.78, 5) is 124. The van der Waals surface area contributed by atoms with E-state index in [0.29, 0.717) is 76.3 Å². The lowest BCUT2D eigenvalue weighted by atomic mass is 9.89. The van der Waals surface area contributed by atoms with Crippen LogP contribution in [0.25, 0.3) is 0 Å². The van der Waals surface area contributed by atoms with Crippen LogP contribution in [0.5, 0.6) is 0 Å². The summed E-state index contributed by atoms with van der Waals surface area (Å²) < 4.78 is 12.2. The molecule has 5 rings (SSSR count). The first-order valence-corrected chi connectivity index (χ1v) is 26.4. The van der Waals surface area contributed by atoms with Crippen molar-refractivity contribution in [1.29, 1.82) is 0 Å². The topological polar surface area (TPSA) is 214 Å². The van der Waals surface area contributed by atoms with Gasteiger partial charge in [-0.2, -0.15) is 0 Å². The zero-order chi connectivity index (χ0) is 53.7. The standard InChI is InChI=1S/C54H83N7O12/c1-12-36(6)48(58(9)52(68)46(34(2)3)55-51(67)47(35(4)5)57(8)28-18-14-17-25-45(65)73-61-42(62)26-27-43(61)63)41(70-10)32-44(64)59-29-21-24-40(59)49(71-11)37(7)50(66)56-54(53(69)60-30-19-20-31-72-60)33-39(54)38-22-15-13-16-23-38/h13,15-16,22-23,26-27,34-37,39-41,46-49H,12,14,17-21,24-25,28-33H2,1-11H3,(H,55,67)(H,56,66)/t36-,37+,39+,40-,41+,46-,47-,48-,49+,54-/m0/s1. The molecule has 3 fully saturated rings. The zero-order valence-electron chi connectivity index (χ0n) is 45.1. The molecule has 0 aromatic heterocycles. The third kappa shape index (κ3) is 14.3. The molecule has 3 aliphatic heterocycles. The van der Waals surface area contributed by atoms with Crippen LogP contribution >= 0.6 is 0 Å². The lowest BCUT2D eigenvalue weighted by Crippen LogP contribution is -2.60. The Hall–Kier alpha value is -5.24. The van der Waals surface area contributed by atoms with E-state index in [-0.39, 0.29) is 66.0 Å². The van der Waals surface area contributed by atoms with Gasteiger partial charge in [-0.05, 0) is 81.9 Å². The molecule has 19 heteroatoms. The number of ether oxygens (including phenoxy) is 2. The van der Waals surface area contributed by atoms with Gasteiger partial charge in [0, 0.05) is 58.8 Å². The third-order valence-electron chi connectivity index (χ3n) is 15.3. The minimum atomic E-state index is -1.16. The quantitative estimate of drug-likeness (QED) is 0.0917. The Morgan fingerprint density at radius 1 is 0.849 bits per heavy atom. The molecule has 2 saturated heterocycles. The van der Waals surface area contributed by atoms with Gasteiger partial charge in [0.25, 0.3) is 17.7 Å². The molecule has 1 aromatic rings. The fourth-order valence-corrected chi connectivity index (χ4v) is 11.0. The van der Waals surface area contributed by atoms with Crippen LogP contribution in [0.15, 0.2) is 42.5 Å². The highest BCUT2D eigenvalue weighted by molar-refractivity contribution is 6.12. The lowest BCUT2D eigenvalue weighted by Gasteiger charge is -2.41. The number of nitrogens with one attached hydrogen (secondary N) is 2. The van der Waals surface area contributed by atoms with Crippen molar-refractivity contribution in [3.63, 3.8) is 0 Å². The summed E-state index contributed by atoms with van der Waals surface area (Å²) in [6, 6.07) is 7.25. The number of benzene rings is 1. The van der Waals surface area contributed by atoms with Gasteiger partial charge in [0.1, 0.15) is 11.6 Å². The van der Waals surface area contributed by atoms with Gasteiger partial charge in [0.2, 0.25) is 23.6 Å². The Balaban J connectivity index is 1.21. The van der Waals surface area contributed by atoms with Crippen LogP contribution in [-0.4, -0.2) is 169 Å². The van der Waals surface area contributed by atoms with Gasteiger partial charge in [-0.15, -0.1) is 0 Å². The number of likely N-dealkylation sites (N-methyl/N-ethyl adjacent to an activating group) is 2. The Kier molecular flexibility index (Phi) is 21.5. The number of hydroxylamine groups is 4. The van der Waals surface area contributed by atoms with Crippen molar-refractivity contribution in [1.82, 2.24) is 35.5 Å². The van der Waals surface area contributed by atoms with Crippen molar-refractivity contribution in [2.75, 3.05) is 54.6 Å². The van der Waals surface area contributed by atoms with Gasteiger partial charge in [-0.3, -0.25) is 43.3 Å².